The average molecular weight is 467 g/mol. The van der Waals surface area contributed by atoms with E-state index < -0.39 is 0 Å². The van der Waals surface area contributed by atoms with Gasteiger partial charge in [0.1, 0.15) is 11.5 Å². The third kappa shape index (κ3) is 4.41. The number of nitrogens with one attached hydrogen (secondary N) is 1. The first kappa shape index (κ1) is 20.4. The number of methoxy groups -OCH3 is 2. The van der Waals surface area contributed by atoms with E-state index in [0.717, 1.165) is 24.3 Å². The smallest absolute Gasteiger partial charge is 0.193 e. The molecule has 0 heterocycles. The molecule has 3 N–H and O–H groups in total. The van der Waals surface area contributed by atoms with E-state index in [0.29, 0.717) is 18.3 Å². The number of aliphatic imine (C=N–C) groups is 1. The Balaban J connectivity index is 0.00000243. The fraction of sp³-hybridized carbons (Fsp3) is 0.350. The minimum atomic E-state index is 0. The van der Waals surface area contributed by atoms with E-state index in [1.54, 1.807) is 14.2 Å². The van der Waals surface area contributed by atoms with Gasteiger partial charge in [-0.25, -0.2) is 0 Å². The molecule has 0 atom stereocenters. The van der Waals surface area contributed by atoms with E-state index in [9.17, 15) is 0 Å². The van der Waals surface area contributed by atoms with E-state index in [2.05, 4.69) is 41.5 Å². The third-order valence-electron chi connectivity index (χ3n) is 4.79. The molecule has 0 aromatic heterocycles. The number of hydrogen-bond donors (Lipinski definition) is 2. The first-order chi connectivity index (χ1) is 12.1. The summed E-state index contributed by atoms with van der Waals surface area (Å²) in [7, 11) is 3.25. The second-order valence-corrected chi connectivity index (χ2v) is 6.49. The summed E-state index contributed by atoms with van der Waals surface area (Å²) in [5.74, 6) is 1.81. The Morgan fingerprint density at radius 2 is 1.88 bits per heavy atom. The number of nitrogens with zero attached hydrogens (tertiary/aromatic N) is 1. The monoisotopic (exact) mass is 467 g/mol. The molecule has 2 aromatic carbocycles. The second kappa shape index (κ2) is 8.62. The molecule has 0 radical (unpaired) electrons. The van der Waals surface area contributed by atoms with Crippen molar-refractivity contribution in [2.75, 3.05) is 26.1 Å². The van der Waals surface area contributed by atoms with Crippen molar-refractivity contribution in [1.29, 1.82) is 0 Å². The molecular formula is C20H26IN3O2. The number of benzene rings is 2. The lowest BCUT2D eigenvalue weighted by molar-refractivity contribution is 0.405. The van der Waals surface area contributed by atoms with Crippen molar-refractivity contribution in [3.05, 3.63) is 53.6 Å². The van der Waals surface area contributed by atoms with E-state index in [1.807, 2.05) is 18.2 Å². The summed E-state index contributed by atoms with van der Waals surface area (Å²) in [4.78, 5) is 4.59. The van der Waals surface area contributed by atoms with Crippen LogP contribution in [0.4, 0.5) is 5.69 Å². The molecule has 0 bridgehead atoms. The molecule has 0 amide bonds. The molecule has 6 heteroatoms. The Morgan fingerprint density at radius 1 is 1.15 bits per heavy atom. The molecule has 3 rings (SSSR count). The summed E-state index contributed by atoms with van der Waals surface area (Å²) in [5, 5.41) is 3.13. The number of anilines is 1. The van der Waals surface area contributed by atoms with Gasteiger partial charge in [0.05, 0.1) is 26.5 Å². The van der Waals surface area contributed by atoms with Gasteiger partial charge in [0.25, 0.3) is 0 Å². The van der Waals surface area contributed by atoms with Crippen LogP contribution in [0.5, 0.6) is 11.5 Å². The third-order valence-corrected chi connectivity index (χ3v) is 4.79. The molecule has 1 fully saturated rings. The first-order valence-electron chi connectivity index (χ1n) is 8.43. The quantitative estimate of drug-likeness (QED) is 0.382. The van der Waals surface area contributed by atoms with Crippen molar-refractivity contribution in [3.8, 4) is 11.5 Å². The summed E-state index contributed by atoms with van der Waals surface area (Å²) in [6.45, 7) is 2.84. The molecule has 26 heavy (non-hydrogen) atoms. The van der Waals surface area contributed by atoms with Gasteiger partial charge in [-0.05, 0) is 43.0 Å². The molecule has 1 aliphatic rings. The van der Waals surface area contributed by atoms with Gasteiger partial charge in [-0.15, -0.1) is 24.0 Å². The highest BCUT2D eigenvalue weighted by Gasteiger charge is 2.44. The number of aryl methyl sites for hydroxylation is 1. The molecule has 140 valence electrons. The lowest BCUT2D eigenvalue weighted by Gasteiger charge is -2.17. The SMILES string of the molecule is COc1ccc(OC)c(NC(N)=NCC2(c3ccccc3C)CC2)c1.I. The summed E-state index contributed by atoms with van der Waals surface area (Å²) in [6, 6.07) is 14.0. The Kier molecular flexibility index (Phi) is 6.75. The van der Waals surface area contributed by atoms with Crippen LogP contribution >= 0.6 is 24.0 Å². The van der Waals surface area contributed by atoms with E-state index >= 15 is 0 Å². The van der Waals surface area contributed by atoms with Crippen molar-refractivity contribution >= 4 is 35.6 Å². The maximum Gasteiger partial charge on any atom is 0.193 e. The zero-order valence-corrected chi connectivity index (χ0v) is 17.7. The lowest BCUT2D eigenvalue weighted by Crippen LogP contribution is -2.25. The molecule has 5 nitrogen and oxygen atoms in total. The molecule has 0 unspecified atom stereocenters. The predicted molar refractivity (Wildman–Crippen MR) is 117 cm³/mol. The maximum absolute atomic E-state index is 6.11. The number of rotatable bonds is 6. The number of hydrogen-bond acceptors (Lipinski definition) is 3. The summed E-state index contributed by atoms with van der Waals surface area (Å²) in [5.41, 5.74) is 9.69. The first-order valence-corrected chi connectivity index (χ1v) is 8.43. The number of ether oxygens (including phenoxy) is 2. The van der Waals surface area contributed by atoms with Gasteiger partial charge in [-0.2, -0.15) is 0 Å². The van der Waals surface area contributed by atoms with Gasteiger partial charge in [0, 0.05) is 11.5 Å². The van der Waals surface area contributed by atoms with Crippen molar-refractivity contribution in [2.24, 2.45) is 10.7 Å². The van der Waals surface area contributed by atoms with Crippen LogP contribution in [0.2, 0.25) is 0 Å². The highest BCUT2D eigenvalue weighted by atomic mass is 127. The standard InChI is InChI=1S/C20H25N3O2.HI/c1-14-6-4-5-7-16(14)20(10-11-20)13-22-19(21)23-17-12-15(24-2)8-9-18(17)25-3;/h4-9,12H,10-11,13H2,1-3H3,(H3,21,22,23);1H. The fourth-order valence-corrected chi connectivity index (χ4v) is 3.16. The van der Waals surface area contributed by atoms with Crippen LogP contribution in [0, 0.1) is 6.92 Å². The molecule has 0 spiro atoms. The van der Waals surface area contributed by atoms with Crippen LogP contribution in [-0.4, -0.2) is 26.7 Å². The van der Waals surface area contributed by atoms with Crippen molar-refractivity contribution in [3.63, 3.8) is 0 Å². The molecular weight excluding hydrogens is 441 g/mol. The van der Waals surface area contributed by atoms with Gasteiger partial charge < -0.3 is 20.5 Å². The Morgan fingerprint density at radius 3 is 2.50 bits per heavy atom. The highest BCUT2D eigenvalue weighted by molar-refractivity contribution is 14.0. The molecule has 0 aliphatic heterocycles. The average Bonchev–Trinajstić information content (AvgIpc) is 3.41. The van der Waals surface area contributed by atoms with Crippen LogP contribution in [0.1, 0.15) is 24.0 Å². The zero-order valence-electron chi connectivity index (χ0n) is 15.4. The summed E-state index contributed by atoms with van der Waals surface area (Å²) in [6.07, 6.45) is 2.30. The molecule has 1 aliphatic carbocycles. The fourth-order valence-electron chi connectivity index (χ4n) is 3.16. The minimum Gasteiger partial charge on any atom is -0.497 e. The molecule has 2 aromatic rings. The summed E-state index contributed by atoms with van der Waals surface area (Å²) < 4.78 is 10.6. The normalized spacial score (nSPS) is 15.0. The van der Waals surface area contributed by atoms with Gasteiger partial charge >= 0.3 is 0 Å². The van der Waals surface area contributed by atoms with Crippen LogP contribution in [-0.2, 0) is 5.41 Å². The number of halogens is 1. The predicted octanol–water partition coefficient (Wildman–Crippen LogP) is 4.09. The topological polar surface area (TPSA) is 68.9 Å². The zero-order chi connectivity index (χ0) is 17.9. The number of nitrogens with two attached hydrogens (primary N) is 1. The van der Waals surface area contributed by atoms with Crippen LogP contribution in [0.3, 0.4) is 0 Å². The van der Waals surface area contributed by atoms with Gasteiger partial charge in [0.15, 0.2) is 5.96 Å². The Hall–Kier alpha value is -1.96. The van der Waals surface area contributed by atoms with Crippen molar-refractivity contribution < 1.29 is 9.47 Å². The van der Waals surface area contributed by atoms with E-state index in [1.165, 1.54) is 11.1 Å². The molecule has 0 saturated heterocycles. The Bertz CT molecular complexity index is 788. The second-order valence-electron chi connectivity index (χ2n) is 6.49. The van der Waals surface area contributed by atoms with Crippen molar-refractivity contribution in [1.82, 2.24) is 0 Å². The molecule has 1 saturated carbocycles. The van der Waals surface area contributed by atoms with Crippen LogP contribution in [0.25, 0.3) is 0 Å². The van der Waals surface area contributed by atoms with Gasteiger partial charge in [-0.1, -0.05) is 24.3 Å². The van der Waals surface area contributed by atoms with E-state index in [-0.39, 0.29) is 29.4 Å². The highest BCUT2D eigenvalue weighted by Crippen LogP contribution is 2.49. The van der Waals surface area contributed by atoms with E-state index in [4.69, 9.17) is 15.2 Å². The lowest BCUT2D eigenvalue weighted by atomic mass is 9.92. The van der Waals surface area contributed by atoms with Gasteiger partial charge in [0.2, 0.25) is 0 Å². The maximum atomic E-state index is 6.11. The Labute approximate surface area is 172 Å². The summed E-state index contributed by atoms with van der Waals surface area (Å²) >= 11 is 0. The van der Waals surface area contributed by atoms with Crippen LogP contribution in [0.15, 0.2) is 47.5 Å². The minimum absolute atomic E-state index is 0. The van der Waals surface area contributed by atoms with Crippen molar-refractivity contribution in [2.45, 2.75) is 25.2 Å². The van der Waals surface area contributed by atoms with Gasteiger partial charge in [-0.3, -0.25) is 4.99 Å². The largest absolute Gasteiger partial charge is 0.497 e. The number of guanidine groups is 1. The van der Waals surface area contributed by atoms with Crippen LogP contribution < -0.4 is 20.5 Å².